The van der Waals surface area contributed by atoms with E-state index in [0.717, 1.165) is 43.9 Å². The van der Waals surface area contributed by atoms with E-state index in [-0.39, 0.29) is 11.7 Å². The lowest BCUT2D eigenvalue weighted by molar-refractivity contribution is 0.0941. The third-order valence-corrected chi connectivity index (χ3v) is 4.97. The summed E-state index contributed by atoms with van der Waals surface area (Å²) >= 11 is 0. The van der Waals surface area contributed by atoms with E-state index in [1.807, 2.05) is 19.9 Å². The van der Waals surface area contributed by atoms with Gasteiger partial charge < -0.3 is 5.32 Å². The highest BCUT2D eigenvalue weighted by molar-refractivity contribution is 5.90. The number of nitrogens with one attached hydrogen (secondary N) is 1. The lowest BCUT2D eigenvalue weighted by atomic mass is 10.00. The number of carbonyl (C=O) groups is 1. The monoisotopic (exact) mass is 364 g/mol. The number of hydrogen-bond acceptors (Lipinski definition) is 5. The van der Waals surface area contributed by atoms with Crippen molar-refractivity contribution >= 4 is 11.7 Å². The van der Waals surface area contributed by atoms with E-state index in [1.165, 1.54) is 11.1 Å². The summed E-state index contributed by atoms with van der Waals surface area (Å²) in [6, 6.07) is 10.5. The minimum Gasteiger partial charge on any atom is -0.349 e. The maximum Gasteiger partial charge on any atom is 0.291 e. The van der Waals surface area contributed by atoms with Crippen molar-refractivity contribution in [2.45, 2.75) is 33.2 Å². The van der Waals surface area contributed by atoms with Crippen LogP contribution in [0, 0.1) is 13.8 Å². The molecule has 3 aromatic rings. The van der Waals surface area contributed by atoms with Crippen LogP contribution >= 0.6 is 0 Å². The van der Waals surface area contributed by atoms with Crippen LogP contribution in [0.25, 0.3) is 5.78 Å². The van der Waals surface area contributed by atoms with Gasteiger partial charge >= 0.3 is 0 Å². The Labute approximate surface area is 158 Å². The molecule has 0 radical (unpaired) electrons. The van der Waals surface area contributed by atoms with Crippen molar-refractivity contribution in [1.29, 1.82) is 0 Å². The number of fused-ring (bicyclic) bond motifs is 2. The lowest BCUT2D eigenvalue weighted by Gasteiger charge is -2.28. The van der Waals surface area contributed by atoms with E-state index in [4.69, 9.17) is 0 Å². The zero-order valence-corrected chi connectivity index (χ0v) is 15.8. The summed E-state index contributed by atoms with van der Waals surface area (Å²) in [5, 5.41) is 7.19. The van der Waals surface area contributed by atoms with Crippen molar-refractivity contribution in [1.82, 2.24) is 29.8 Å². The number of aryl methyl sites for hydroxylation is 2. The second-order valence-electron chi connectivity index (χ2n) is 7.09. The summed E-state index contributed by atoms with van der Waals surface area (Å²) in [5.41, 5.74) is 4.65. The molecule has 0 atom stereocenters. The number of benzene rings is 1. The third kappa shape index (κ3) is 3.83. The Morgan fingerprint density at radius 3 is 2.85 bits per heavy atom. The van der Waals surface area contributed by atoms with Gasteiger partial charge in [-0.05, 0) is 43.9 Å². The van der Waals surface area contributed by atoms with Gasteiger partial charge in [-0.25, -0.2) is 9.50 Å². The molecular weight excluding hydrogens is 340 g/mol. The van der Waals surface area contributed by atoms with Gasteiger partial charge in [-0.15, -0.1) is 5.10 Å². The number of nitrogens with zero attached hydrogens (tertiary/aromatic N) is 5. The van der Waals surface area contributed by atoms with E-state index in [1.54, 1.807) is 4.52 Å². The van der Waals surface area contributed by atoms with Gasteiger partial charge in [0.1, 0.15) is 0 Å². The molecule has 1 aromatic carbocycles. The molecule has 140 valence electrons. The summed E-state index contributed by atoms with van der Waals surface area (Å²) in [6.07, 6.45) is 2.00. The van der Waals surface area contributed by atoms with Crippen LogP contribution in [0.3, 0.4) is 0 Å². The van der Waals surface area contributed by atoms with E-state index in [0.29, 0.717) is 12.3 Å². The zero-order chi connectivity index (χ0) is 18.8. The molecule has 3 heterocycles. The lowest BCUT2D eigenvalue weighted by Crippen LogP contribution is -2.34. The molecule has 0 fully saturated rings. The Morgan fingerprint density at radius 2 is 2.00 bits per heavy atom. The number of amides is 1. The summed E-state index contributed by atoms with van der Waals surface area (Å²) < 4.78 is 1.60. The highest BCUT2D eigenvalue weighted by Crippen LogP contribution is 2.18. The fourth-order valence-corrected chi connectivity index (χ4v) is 3.59. The molecule has 0 spiro atoms. The smallest absolute Gasteiger partial charge is 0.291 e. The minimum absolute atomic E-state index is 0.170. The van der Waals surface area contributed by atoms with Gasteiger partial charge in [0.05, 0.1) is 0 Å². The average Bonchev–Trinajstić information content (AvgIpc) is 3.09. The largest absolute Gasteiger partial charge is 0.349 e. The van der Waals surface area contributed by atoms with Crippen LogP contribution in [0.5, 0.6) is 0 Å². The number of rotatable bonds is 5. The normalized spacial score (nSPS) is 14.3. The molecule has 2 aromatic heterocycles. The van der Waals surface area contributed by atoms with E-state index in [2.05, 4.69) is 49.5 Å². The molecular formula is C20H24N6O. The highest BCUT2D eigenvalue weighted by atomic mass is 16.2. The topological polar surface area (TPSA) is 75.4 Å². The number of carbonyl (C=O) groups excluding carboxylic acids is 1. The second-order valence-corrected chi connectivity index (χ2v) is 7.09. The maximum atomic E-state index is 12.3. The maximum absolute atomic E-state index is 12.3. The molecule has 7 nitrogen and oxygen atoms in total. The van der Waals surface area contributed by atoms with Gasteiger partial charge in [0, 0.05) is 37.6 Å². The van der Waals surface area contributed by atoms with Gasteiger partial charge in [-0.3, -0.25) is 9.69 Å². The first-order valence-corrected chi connectivity index (χ1v) is 9.38. The molecule has 27 heavy (non-hydrogen) atoms. The molecule has 4 rings (SSSR count). The molecule has 0 unspecified atom stereocenters. The fourth-order valence-electron chi connectivity index (χ4n) is 3.59. The van der Waals surface area contributed by atoms with Crippen LogP contribution in [0.2, 0.25) is 0 Å². The van der Waals surface area contributed by atoms with E-state index in [9.17, 15) is 4.79 Å². The van der Waals surface area contributed by atoms with Crippen molar-refractivity contribution in [3.63, 3.8) is 0 Å². The molecule has 1 aliphatic heterocycles. The van der Waals surface area contributed by atoms with E-state index < -0.39 is 0 Å². The van der Waals surface area contributed by atoms with Gasteiger partial charge in [0.25, 0.3) is 11.7 Å². The SMILES string of the molecule is Cc1cc(C)n2nc(C(=O)NCCCN3CCc4ccccc4C3)nc2n1. The molecule has 0 saturated heterocycles. The zero-order valence-electron chi connectivity index (χ0n) is 15.8. The van der Waals surface area contributed by atoms with Gasteiger partial charge in [0.2, 0.25) is 5.82 Å². The molecule has 1 amide bonds. The van der Waals surface area contributed by atoms with Gasteiger partial charge in [-0.1, -0.05) is 24.3 Å². The van der Waals surface area contributed by atoms with E-state index >= 15 is 0 Å². The molecule has 0 saturated carbocycles. The summed E-state index contributed by atoms with van der Waals surface area (Å²) in [7, 11) is 0. The Hall–Kier alpha value is -2.80. The average molecular weight is 364 g/mol. The molecule has 1 N–H and O–H groups in total. The Balaban J connectivity index is 1.28. The first-order valence-electron chi connectivity index (χ1n) is 9.38. The van der Waals surface area contributed by atoms with Crippen LogP contribution in [0.4, 0.5) is 0 Å². The van der Waals surface area contributed by atoms with Gasteiger partial charge in [0.15, 0.2) is 0 Å². The van der Waals surface area contributed by atoms with Crippen LogP contribution in [0.1, 0.15) is 39.6 Å². The van der Waals surface area contributed by atoms with Crippen molar-refractivity contribution in [2.24, 2.45) is 0 Å². The Bertz CT molecular complexity index is 980. The van der Waals surface area contributed by atoms with Crippen molar-refractivity contribution in [3.05, 3.63) is 58.7 Å². The van der Waals surface area contributed by atoms with Crippen LogP contribution < -0.4 is 5.32 Å². The van der Waals surface area contributed by atoms with Crippen LogP contribution in [0.15, 0.2) is 30.3 Å². The standard InChI is InChI=1S/C20H24N6O/c1-14-12-15(2)26-20(22-14)23-18(24-26)19(27)21-9-5-10-25-11-8-16-6-3-4-7-17(16)13-25/h3-4,6-7,12H,5,8-11,13H2,1-2H3,(H,21,27). The predicted octanol–water partition coefficient (Wildman–Crippen LogP) is 1.92. The number of hydrogen-bond donors (Lipinski definition) is 1. The van der Waals surface area contributed by atoms with Crippen molar-refractivity contribution < 1.29 is 4.79 Å². The predicted molar refractivity (Wildman–Crippen MR) is 103 cm³/mol. The summed E-state index contributed by atoms with van der Waals surface area (Å²) in [5.74, 6) is 0.384. The summed E-state index contributed by atoms with van der Waals surface area (Å²) in [6.45, 7) is 7.46. The number of aromatic nitrogens is 4. The molecule has 1 aliphatic rings. The van der Waals surface area contributed by atoms with Crippen LogP contribution in [-0.2, 0) is 13.0 Å². The minimum atomic E-state index is -0.249. The van der Waals surface area contributed by atoms with Crippen molar-refractivity contribution in [2.75, 3.05) is 19.6 Å². The Morgan fingerprint density at radius 1 is 1.19 bits per heavy atom. The molecule has 7 heteroatoms. The Kier molecular flexibility index (Phi) is 4.85. The third-order valence-electron chi connectivity index (χ3n) is 4.97. The quantitative estimate of drug-likeness (QED) is 0.700. The molecule has 0 bridgehead atoms. The summed E-state index contributed by atoms with van der Waals surface area (Å²) in [4.78, 5) is 23.3. The highest BCUT2D eigenvalue weighted by Gasteiger charge is 2.16. The van der Waals surface area contributed by atoms with Crippen LogP contribution in [-0.4, -0.2) is 50.0 Å². The van der Waals surface area contributed by atoms with Gasteiger partial charge in [-0.2, -0.15) is 4.98 Å². The second kappa shape index (κ2) is 7.44. The first-order chi connectivity index (χ1) is 13.1. The fraction of sp³-hybridized carbons (Fsp3) is 0.400. The first kappa shape index (κ1) is 17.6. The molecule has 0 aliphatic carbocycles. The van der Waals surface area contributed by atoms with Crippen molar-refractivity contribution in [3.8, 4) is 0 Å².